The number of likely N-dealkylation sites (tertiary alicyclic amines) is 1. The van der Waals surface area contributed by atoms with E-state index >= 15 is 0 Å². The molecule has 0 spiro atoms. The van der Waals surface area contributed by atoms with E-state index in [1.54, 1.807) is 6.20 Å². The predicted molar refractivity (Wildman–Crippen MR) is 90.9 cm³/mol. The molecule has 1 aromatic heterocycles. The Morgan fingerprint density at radius 3 is 2.57 bits per heavy atom. The summed E-state index contributed by atoms with van der Waals surface area (Å²) in [5, 5.41) is 0. The lowest BCUT2D eigenvalue weighted by molar-refractivity contribution is -0.131. The molecule has 3 heteroatoms. The monoisotopic (exact) mass is 304 g/mol. The molecule has 1 amide bonds. The minimum atomic E-state index is -0.112. The molecule has 1 saturated heterocycles. The Morgan fingerprint density at radius 1 is 1.04 bits per heavy atom. The van der Waals surface area contributed by atoms with Crippen molar-refractivity contribution < 1.29 is 4.79 Å². The number of benzene rings is 1. The summed E-state index contributed by atoms with van der Waals surface area (Å²) in [4.78, 5) is 18.7. The molecular weight excluding hydrogens is 284 g/mol. The zero-order valence-corrected chi connectivity index (χ0v) is 13.3. The van der Waals surface area contributed by atoms with Crippen LogP contribution in [0.2, 0.25) is 0 Å². The molecule has 3 rings (SSSR count). The Balaban J connectivity index is 1.77. The van der Waals surface area contributed by atoms with Gasteiger partial charge in [-0.25, -0.2) is 0 Å². The number of carbonyl (C=O) groups excluding carboxylic acids is 1. The predicted octanol–water partition coefficient (Wildman–Crippen LogP) is 3.21. The molecule has 0 aliphatic carbocycles. The van der Waals surface area contributed by atoms with Crippen molar-refractivity contribution >= 4 is 5.91 Å². The molecule has 1 atom stereocenters. The fourth-order valence-corrected chi connectivity index (χ4v) is 2.82. The van der Waals surface area contributed by atoms with Gasteiger partial charge in [-0.2, -0.15) is 0 Å². The van der Waals surface area contributed by atoms with E-state index in [1.165, 1.54) is 0 Å². The lowest BCUT2D eigenvalue weighted by Crippen LogP contribution is -2.30. The van der Waals surface area contributed by atoms with Crippen LogP contribution in [0.4, 0.5) is 0 Å². The Bertz CT molecular complexity index is 726. The van der Waals surface area contributed by atoms with Crippen molar-refractivity contribution in [2.45, 2.75) is 25.2 Å². The third-order valence-electron chi connectivity index (χ3n) is 4.18. The van der Waals surface area contributed by atoms with Crippen molar-refractivity contribution in [1.82, 2.24) is 9.88 Å². The fourth-order valence-electron chi connectivity index (χ4n) is 2.82. The topological polar surface area (TPSA) is 33.2 Å². The highest BCUT2D eigenvalue weighted by atomic mass is 16.2. The Morgan fingerprint density at radius 2 is 1.83 bits per heavy atom. The molecule has 2 heterocycles. The minimum Gasteiger partial charge on any atom is -0.345 e. The van der Waals surface area contributed by atoms with Crippen molar-refractivity contribution in [3.8, 4) is 11.8 Å². The van der Waals surface area contributed by atoms with Gasteiger partial charge in [0.1, 0.15) is 0 Å². The van der Waals surface area contributed by atoms with Crippen LogP contribution in [0.15, 0.2) is 48.7 Å². The molecular formula is C20H20N2O. The largest absolute Gasteiger partial charge is 0.345 e. The fraction of sp³-hybridized carbons (Fsp3) is 0.300. The van der Waals surface area contributed by atoms with Crippen LogP contribution in [0, 0.1) is 11.8 Å². The number of pyridine rings is 1. The lowest BCUT2D eigenvalue weighted by atomic mass is 9.97. The average molecular weight is 304 g/mol. The van der Waals surface area contributed by atoms with Crippen LogP contribution < -0.4 is 0 Å². The molecule has 116 valence electrons. The SMILES string of the molecule is CN1CCCC[C@@H](c2ccc(C#Cc3ccccc3)cn2)C1=O. The van der Waals surface area contributed by atoms with E-state index in [-0.39, 0.29) is 11.8 Å². The van der Waals surface area contributed by atoms with Crippen LogP contribution in [-0.4, -0.2) is 29.4 Å². The molecule has 2 aromatic rings. The standard InChI is InChI=1S/C20H20N2O/c1-22-14-6-5-9-18(20(22)23)19-13-12-17(15-21-19)11-10-16-7-3-2-4-8-16/h2-4,7-8,12-13,15,18H,5-6,9,14H2,1H3/t18-/m0/s1. The number of likely N-dealkylation sites (N-methyl/N-ethyl adjacent to an activating group) is 1. The number of rotatable bonds is 1. The van der Waals surface area contributed by atoms with Crippen molar-refractivity contribution in [3.63, 3.8) is 0 Å². The van der Waals surface area contributed by atoms with Gasteiger partial charge in [-0.15, -0.1) is 0 Å². The van der Waals surface area contributed by atoms with Gasteiger partial charge in [0.05, 0.1) is 11.6 Å². The van der Waals surface area contributed by atoms with Gasteiger partial charge < -0.3 is 4.90 Å². The molecule has 1 fully saturated rings. The summed E-state index contributed by atoms with van der Waals surface area (Å²) in [7, 11) is 1.88. The van der Waals surface area contributed by atoms with Crippen LogP contribution in [0.25, 0.3) is 0 Å². The summed E-state index contributed by atoms with van der Waals surface area (Å²) in [6.07, 6.45) is 4.78. The van der Waals surface area contributed by atoms with E-state index in [1.807, 2.05) is 54.4 Å². The Hall–Kier alpha value is -2.60. The van der Waals surface area contributed by atoms with Gasteiger partial charge >= 0.3 is 0 Å². The zero-order chi connectivity index (χ0) is 16.1. The lowest BCUT2D eigenvalue weighted by Gasteiger charge is -2.19. The second kappa shape index (κ2) is 7.11. The molecule has 0 N–H and O–H groups in total. The molecule has 0 saturated carbocycles. The third-order valence-corrected chi connectivity index (χ3v) is 4.18. The van der Waals surface area contributed by atoms with Gasteiger partial charge in [-0.05, 0) is 37.1 Å². The van der Waals surface area contributed by atoms with Crippen LogP contribution in [0.5, 0.6) is 0 Å². The van der Waals surface area contributed by atoms with Gasteiger partial charge in [-0.1, -0.05) is 36.5 Å². The van der Waals surface area contributed by atoms with E-state index in [4.69, 9.17) is 0 Å². The summed E-state index contributed by atoms with van der Waals surface area (Å²) in [5.74, 6) is 6.30. The molecule has 23 heavy (non-hydrogen) atoms. The molecule has 1 aliphatic heterocycles. The quantitative estimate of drug-likeness (QED) is 0.758. The van der Waals surface area contributed by atoms with Gasteiger partial charge in [0.25, 0.3) is 0 Å². The van der Waals surface area contributed by atoms with E-state index < -0.39 is 0 Å². The normalized spacial score (nSPS) is 18.0. The molecule has 0 radical (unpaired) electrons. The smallest absolute Gasteiger partial charge is 0.231 e. The molecule has 0 bridgehead atoms. The van der Waals surface area contributed by atoms with Crippen LogP contribution in [-0.2, 0) is 4.79 Å². The van der Waals surface area contributed by atoms with Crippen molar-refractivity contribution in [2.24, 2.45) is 0 Å². The maximum absolute atomic E-state index is 12.4. The molecule has 0 unspecified atom stereocenters. The van der Waals surface area contributed by atoms with Crippen LogP contribution >= 0.6 is 0 Å². The summed E-state index contributed by atoms with van der Waals surface area (Å²) in [6, 6.07) is 13.8. The number of hydrogen-bond acceptors (Lipinski definition) is 2. The van der Waals surface area contributed by atoms with Crippen molar-refractivity contribution in [2.75, 3.05) is 13.6 Å². The number of amides is 1. The van der Waals surface area contributed by atoms with Crippen molar-refractivity contribution in [3.05, 3.63) is 65.5 Å². The van der Waals surface area contributed by atoms with Crippen molar-refractivity contribution in [1.29, 1.82) is 0 Å². The average Bonchev–Trinajstić information content (AvgIpc) is 2.76. The summed E-state index contributed by atoms with van der Waals surface area (Å²) in [6.45, 7) is 0.843. The van der Waals surface area contributed by atoms with E-state index in [0.717, 1.165) is 42.6 Å². The molecule has 1 aromatic carbocycles. The second-order valence-corrected chi connectivity index (χ2v) is 5.90. The highest BCUT2D eigenvalue weighted by Gasteiger charge is 2.26. The first-order valence-electron chi connectivity index (χ1n) is 8.02. The zero-order valence-electron chi connectivity index (χ0n) is 13.3. The van der Waals surface area contributed by atoms with Gasteiger partial charge in [0.15, 0.2) is 0 Å². The Labute approximate surface area is 137 Å². The van der Waals surface area contributed by atoms with Gasteiger partial charge in [-0.3, -0.25) is 9.78 Å². The van der Waals surface area contributed by atoms with Crippen LogP contribution in [0.3, 0.4) is 0 Å². The number of nitrogens with zero attached hydrogens (tertiary/aromatic N) is 2. The van der Waals surface area contributed by atoms with Gasteiger partial charge in [0.2, 0.25) is 5.91 Å². The van der Waals surface area contributed by atoms with E-state index in [2.05, 4.69) is 16.8 Å². The molecule has 3 nitrogen and oxygen atoms in total. The number of carbonyl (C=O) groups is 1. The summed E-state index contributed by atoms with van der Waals surface area (Å²) < 4.78 is 0. The first kappa shape index (κ1) is 15.3. The van der Waals surface area contributed by atoms with Crippen LogP contribution in [0.1, 0.15) is 42.0 Å². The summed E-state index contributed by atoms with van der Waals surface area (Å²) >= 11 is 0. The molecule has 1 aliphatic rings. The first-order valence-corrected chi connectivity index (χ1v) is 8.02. The van der Waals surface area contributed by atoms with E-state index in [0.29, 0.717) is 0 Å². The van der Waals surface area contributed by atoms with E-state index in [9.17, 15) is 4.79 Å². The summed E-state index contributed by atoms with van der Waals surface area (Å²) in [5.41, 5.74) is 2.71. The highest BCUT2D eigenvalue weighted by molar-refractivity contribution is 5.83. The maximum Gasteiger partial charge on any atom is 0.231 e. The first-order chi connectivity index (χ1) is 11.2. The van der Waals surface area contributed by atoms with Gasteiger partial charge in [0, 0.05) is 30.9 Å². The number of hydrogen-bond donors (Lipinski definition) is 0. The second-order valence-electron chi connectivity index (χ2n) is 5.90. The number of aromatic nitrogens is 1. The Kier molecular flexibility index (Phi) is 4.73. The maximum atomic E-state index is 12.4. The third kappa shape index (κ3) is 3.78. The highest BCUT2D eigenvalue weighted by Crippen LogP contribution is 2.25. The minimum absolute atomic E-state index is 0.112.